The van der Waals surface area contributed by atoms with Gasteiger partial charge in [-0.2, -0.15) is 0 Å². The Morgan fingerprint density at radius 2 is 2.39 bits per heavy atom. The molecule has 0 aliphatic rings. The van der Waals surface area contributed by atoms with E-state index in [0.29, 0.717) is 23.1 Å². The van der Waals surface area contributed by atoms with Crippen molar-refractivity contribution in [3.63, 3.8) is 0 Å². The molecule has 18 heavy (non-hydrogen) atoms. The fourth-order valence-corrected chi connectivity index (χ4v) is 1.66. The lowest BCUT2D eigenvalue weighted by Crippen LogP contribution is -2.11. The van der Waals surface area contributed by atoms with E-state index >= 15 is 0 Å². The van der Waals surface area contributed by atoms with Crippen LogP contribution in [-0.4, -0.2) is 27.3 Å². The predicted molar refractivity (Wildman–Crippen MR) is 67.9 cm³/mol. The van der Waals surface area contributed by atoms with Gasteiger partial charge in [0, 0.05) is 17.1 Å². The molecule has 0 saturated carbocycles. The highest BCUT2D eigenvalue weighted by molar-refractivity contribution is 7.09. The summed E-state index contributed by atoms with van der Waals surface area (Å²) in [4.78, 5) is 11.9. The number of carbonyl (C=O) groups excluding carboxylic acids is 1. The summed E-state index contributed by atoms with van der Waals surface area (Å²) in [5.74, 6) is 0.426. The maximum atomic E-state index is 11.9. The predicted octanol–water partition coefficient (Wildman–Crippen LogP) is 1.97. The van der Waals surface area contributed by atoms with Crippen molar-refractivity contribution in [2.45, 2.75) is 13.3 Å². The maximum absolute atomic E-state index is 11.9. The van der Waals surface area contributed by atoms with Gasteiger partial charge in [-0.15, -0.1) is 0 Å². The van der Waals surface area contributed by atoms with Crippen LogP contribution < -0.4 is 10.1 Å². The van der Waals surface area contributed by atoms with E-state index in [0.717, 1.165) is 18.0 Å². The van der Waals surface area contributed by atoms with Gasteiger partial charge in [-0.25, -0.2) is 0 Å². The molecule has 0 aliphatic carbocycles. The highest BCUT2D eigenvalue weighted by atomic mass is 32.1. The third-order valence-corrected chi connectivity index (χ3v) is 2.60. The van der Waals surface area contributed by atoms with Crippen LogP contribution in [0.3, 0.4) is 0 Å². The number of benzene rings is 1. The number of rotatable bonds is 5. The fourth-order valence-electron chi connectivity index (χ4n) is 1.30. The Hall–Kier alpha value is -2.02. The highest BCUT2D eigenvalue weighted by Crippen LogP contribution is 2.15. The van der Waals surface area contributed by atoms with E-state index in [9.17, 15) is 4.79 Å². The first-order valence-corrected chi connectivity index (χ1v) is 6.26. The highest BCUT2D eigenvalue weighted by Gasteiger charge is 2.09. The van der Waals surface area contributed by atoms with Crippen LogP contribution in [0.2, 0.25) is 0 Å². The Balaban J connectivity index is 2.05. The maximum Gasteiger partial charge on any atom is 0.257 e. The Kier molecular flexibility index (Phi) is 4.19. The van der Waals surface area contributed by atoms with Crippen LogP contribution in [0.4, 0.5) is 5.13 Å². The molecule has 1 heterocycles. The molecule has 1 N–H and O–H groups in total. The molecule has 1 aromatic heterocycles. The van der Waals surface area contributed by atoms with E-state index in [1.54, 1.807) is 18.2 Å². The average Bonchev–Trinajstić information content (AvgIpc) is 2.89. The number of nitrogens with zero attached hydrogens (tertiary/aromatic N) is 3. The molecule has 6 nitrogen and oxygen atoms in total. The molecule has 2 rings (SSSR count). The molecule has 2 aromatic rings. The number of nitrogens with one attached hydrogen (secondary N) is 1. The molecular weight excluding hydrogens is 252 g/mol. The zero-order valence-corrected chi connectivity index (χ0v) is 10.6. The molecule has 0 bridgehead atoms. The third kappa shape index (κ3) is 3.24. The molecular formula is C11H12N4O2S. The molecule has 0 saturated heterocycles. The molecule has 1 aromatic carbocycles. The van der Waals surface area contributed by atoms with Crippen LogP contribution in [0.15, 0.2) is 24.3 Å². The monoisotopic (exact) mass is 264 g/mol. The van der Waals surface area contributed by atoms with Crippen LogP contribution in [0, 0.1) is 0 Å². The first-order chi connectivity index (χ1) is 8.79. The summed E-state index contributed by atoms with van der Waals surface area (Å²) in [6, 6.07) is 7.00. The van der Waals surface area contributed by atoms with Gasteiger partial charge in [-0.1, -0.05) is 22.6 Å². The lowest BCUT2D eigenvalue weighted by atomic mass is 10.2. The molecule has 0 fully saturated rings. The number of hydrogen-bond acceptors (Lipinski definition) is 6. The topological polar surface area (TPSA) is 77.0 Å². The Morgan fingerprint density at radius 1 is 1.50 bits per heavy atom. The van der Waals surface area contributed by atoms with Crippen molar-refractivity contribution in [1.29, 1.82) is 0 Å². The van der Waals surface area contributed by atoms with Crippen molar-refractivity contribution in [3.05, 3.63) is 29.8 Å². The normalized spacial score (nSPS) is 10.1. The smallest absolute Gasteiger partial charge is 0.257 e. The van der Waals surface area contributed by atoms with Crippen molar-refractivity contribution in [2.75, 3.05) is 11.9 Å². The lowest BCUT2D eigenvalue weighted by molar-refractivity contribution is 0.102. The van der Waals surface area contributed by atoms with Crippen molar-refractivity contribution in [1.82, 2.24) is 14.8 Å². The van der Waals surface area contributed by atoms with E-state index in [2.05, 4.69) is 20.1 Å². The number of amides is 1. The van der Waals surface area contributed by atoms with Crippen LogP contribution in [-0.2, 0) is 0 Å². The molecule has 94 valence electrons. The minimum absolute atomic E-state index is 0.254. The summed E-state index contributed by atoms with van der Waals surface area (Å²) in [7, 11) is 0. The van der Waals surface area contributed by atoms with Crippen molar-refractivity contribution >= 4 is 22.6 Å². The number of hydrogen-bond donors (Lipinski definition) is 1. The van der Waals surface area contributed by atoms with Gasteiger partial charge in [-0.3, -0.25) is 10.1 Å². The van der Waals surface area contributed by atoms with Crippen LogP contribution >= 0.6 is 11.5 Å². The zero-order valence-electron chi connectivity index (χ0n) is 9.79. The summed E-state index contributed by atoms with van der Waals surface area (Å²) < 4.78 is 9.03. The largest absolute Gasteiger partial charge is 0.494 e. The van der Waals surface area contributed by atoms with Crippen molar-refractivity contribution in [2.24, 2.45) is 0 Å². The number of aromatic nitrogens is 3. The molecule has 0 radical (unpaired) electrons. The average molecular weight is 264 g/mol. The van der Waals surface area contributed by atoms with Gasteiger partial charge in [0.2, 0.25) is 5.13 Å². The second-order valence-corrected chi connectivity index (χ2v) is 4.23. The van der Waals surface area contributed by atoms with E-state index < -0.39 is 0 Å². The third-order valence-electron chi connectivity index (χ3n) is 2.09. The number of carbonyl (C=O) groups is 1. The summed E-state index contributed by atoms with van der Waals surface area (Å²) >= 11 is 1.03. The van der Waals surface area contributed by atoms with E-state index in [-0.39, 0.29) is 5.91 Å². The van der Waals surface area contributed by atoms with E-state index in [1.807, 2.05) is 13.0 Å². The van der Waals surface area contributed by atoms with Gasteiger partial charge >= 0.3 is 0 Å². The zero-order chi connectivity index (χ0) is 12.8. The van der Waals surface area contributed by atoms with Gasteiger partial charge in [0.25, 0.3) is 5.91 Å². The van der Waals surface area contributed by atoms with Crippen LogP contribution in [0.25, 0.3) is 0 Å². The number of ether oxygens (including phenoxy) is 1. The van der Waals surface area contributed by atoms with Gasteiger partial charge in [-0.05, 0) is 29.8 Å². The second-order valence-electron chi connectivity index (χ2n) is 3.50. The summed E-state index contributed by atoms with van der Waals surface area (Å²) in [5, 5.41) is 10.0. The first-order valence-electron chi connectivity index (χ1n) is 5.49. The summed E-state index contributed by atoms with van der Waals surface area (Å²) in [6.45, 7) is 2.66. The van der Waals surface area contributed by atoms with E-state index in [1.165, 1.54) is 0 Å². The molecule has 0 unspecified atom stereocenters. The van der Waals surface area contributed by atoms with Crippen molar-refractivity contribution < 1.29 is 9.53 Å². The van der Waals surface area contributed by atoms with Gasteiger partial charge in [0.05, 0.1) is 6.61 Å². The molecule has 0 spiro atoms. The quantitative estimate of drug-likeness (QED) is 0.893. The Morgan fingerprint density at radius 3 is 3.11 bits per heavy atom. The summed E-state index contributed by atoms with van der Waals surface area (Å²) in [5.41, 5.74) is 0.513. The van der Waals surface area contributed by atoms with Crippen LogP contribution in [0.5, 0.6) is 5.75 Å². The Bertz CT molecular complexity index is 516. The first kappa shape index (κ1) is 12.4. The SMILES string of the molecule is CCCOc1cccc(C(=O)Nc2nnns2)c1. The summed E-state index contributed by atoms with van der Waals surface area (Å²) in [6.07, 6.45) is 0.923. The standard InChI is InChI=1S/C11H12N4O2S/c1-2-6-17-9-5-3-4-8(7-9)10(16)12-11-13-14-15-18-11/h3-5,7H,2,6H2,1H3,(H,12,13,15,16). The second kappa shape index (κ2) is 6.06. The Labute approximate surface area is 108 Å². The molecule has 7 heteroatoms. The van der Waals surface area contributed by atoms with Gasteiger partial charge in [0.1, 0.15) is 5.75 Å². The minimum atomic E-state index is -0.254. The van der Waals surface area contributed by atoms with E-state index in [4.69, 9.17) is 4.74 Å². The fraction of sp³-hybridized carbons (Fsp3) is 0.273. The molecule has 0 aliphatic heterocycles. The lowest BCUT2D eigenvalue weighted by Gasteiger charge is -2.06. The minimum Gasteiger partial charge on any atom is -0.494 e. The molecule has 0 atom stereocenters. The van der Waals surface area contributed by atoms with Gasteiger partial charge in [0.15, 0.2) is 0 Å². The molecule has 1 amide bonds. The van der Waals surface area contributed by atoms with Crippen molar-refractivity contribution in [3.8, 4) is 5.75 Å². The number of anilines is 1. The van der Waals surface area contributed by atoms with Crippen LogP contribution in [0.1, 0.15) is 23.7 Å². The van der Waals surface area contributed by atoms with Gasteiger partial charge < -0.3 is 4.74 Å².